The molecule has 6 heteroatoms. The molecule has 2 aromatic rings. The summed E-state index contributed by atoms with van der Waals surface area (Å²) in [6.45, 7) is 5.14. The lowest BCUT2D eigenvalue weighted by atomic mass is 9.89. The molecule has 2 aliphatic rings. The third kappa shape index (κ3) is 3.99. The van der Waals surface area contributed by atoms with Gasteiger partial charge >= 0.3 is 0 Å². The van der Waals surface area contributed by atoms with E-state index >= 15 is 0 Å². The molecule has 4 rings (SSSR count). The second kappa shape index (κ2) is 8.01. The number of likely N-dealkylation sites (tertiary alicyclic amines) is 1. The molecule has 0 radical (unpaired) electrons. The number of rotatable bonds is 5. The summed E-state index contributed by atoms with van der Waals surface area (Å²) in [7, 11) is 1.57. The van der Waals surface area contributed by atoms with Crippen LogP contribution in [0.1, 0.15) is 48.5 Å². The van der Waals surface area contributed by atoms with E-state index in [1.54, 1.807) is 30.2 Å². The van der Waals surface area contributed by atoms with Crippen molar-refractivity contribution < 1.29 is 23.8 Å². The summed E-state index contributed by atoms with van der Waals surface area (Å²) in [6, 6.07) is 13.1. The Morgan fingerprint density at radius 1 is 1.20 bits per heavy atom. The van der Waals surface area contributed by atoms with E-state index in [4.69, 9.17) is 14.2 Å². The van der Waals surface area contributed by atoms with Crippen molar-refractivity contribution >= 4 is 11.7 Å². The second-order valence-electron chi connectivity index (χ2n) is 8.33. The maximum atomic E-state index is 12.7. The zero-order valence-corrected chi connectivity index (χ0v) is 17.6. The van der Waals surface area contributed by atoms with E-state index in [0.29, 0.717) is 48.2 Å². The van der Waals surface area contributed by atoms with Crippen molar-refractivity contribution in [1.29, 1.82) is 0 Å². The Balaban J connectivity index is 1.39. The Morgan fingerprint density at radius 3 is 2.80 bits per heavy atom. The molecule has 1 atom stereocenters. The lowest BCUT2D eigenvalue weighted by Crippen LogP contribution is -2.45. The summed E-state index contributed by atoms with van der Waals surface area (Å²) in [4.78, 5) is 27.2. The predicted octanol–water partition coefficient (Wildman–Crippen LogP) is 3.83. The van der Waals surface area contributed by atoms with Gasteiger partial charge in [-0.15, -0.1) is 0 Å². The monoisotopic (exact) mass is 409 g/mol. The van der Waals surface area contributed by atoms with Crippen LogP contribution in [0.5, 0.6) is 17.2 Å². The maximum absolute atomic E-state index is 12.7. The molecule has 1 fully saturated rings. The van der Waals surface area contributed by atoms with Crippen molar-refractivity contribution in [1.82, 2.24) is 4.90 Å². The van der Waals surface area contributed by atoms with Crippen molar-refractivity contribution in [3.05, 3.63) is 53.6 Å². The van der Waals surface area contributed by atoms with Gasteiger partial charge in [0.1, 0.15) is 22.8 Å². The lowest BCUT2D eigenvalue weighted by Gasteiger charge is -2.34. The lowest BCUT2D eigenvalue weighted by molar-refractivity contribution is -0.133. The zero-order chi connectivity index (χ0) is 21.3. The molecule has 0 N–H and O–H groups in total. The summed E-state index contributed by atoms with van der Waals surface area (Å²) in [5.74, 6) is 2.19. The Labute approximate surface area is 176 Å². The number of nitrogens with zero attached hydrogens (tertiary/aromatic N) is 1. The summed E-state index contributed by atoms with van der Waals surface area (Å²) in [5.41, 5.74) is 1.05. The fraction of sp³-hybridized carbons (Fsp3) is 0.417. The van der Waals surface area contributed by atoms with Gasteiger partial charge in [-0.2, -0.15) is 0 Å². The number of amides is 1. The van der Waals surface area contributed by atoms with Crippen LogP contribution < -0.4 is 14.2 Å². The van der Waals surface area contributed by atoms with Gasteiger partial charge in [-0.1, -0.05) is 26.0 Å². The predicted molar refractivity (Wildman–Crippen MR) is 113 cm³/mol. The number of Topliss-reactive ketones (excluding diaryl/α,β-unsaturated/α-hetero) is 1. The highest BCUT2D eigenvalue weighted by Crippen LogP contribution is 2.40. The maximum Gasteiger partial charge on any atom is 0.260 e. The Morgan fingerprint density at radius 2 is 2.03 bits per heavy atom. The minimum Gasteiger partial charge on any atom is -0.497 e. The minimum atomic E-state index is -0.661. The number of methoxy groups -OCH3 is 1. The molecule has 158 valence electrons. The van der Waals surface area contributed by atoms with E-state index in [0.717, 1.165) is 0 Å². The van der Waals surface area contributed by atoms with Crippen LogP contribution in [0, 0.1) is 0 Å². The molecule has 0 bridgehead atoms. The van der Waals surface area contributed by atoms with E-state index in [1.165, 1.54) is 5.56 Å². The number of fused-ring (bicyclic) bond motifs is 1. The van der Waals surface area contributed by atoms with Gasteiger partial charge in [0.2, 0.25) is 0 Å². The van der Waals surface area contributed by atoms with Crippen LogP contribution in [-0.2, 0) is 4.79 Å². The molecule has 1 unspecified atom stereocenters. The SMILES string of the molecule is COc1ccc2c(c1)C(=O)CC1(CCN(C(=O)COc3cccc(C(C)C)c3)C1)O2. The van der Waals surface area contributed by atoms with Gasteiger partial charge in [0.15, 0.2) is 12.4 Å². The summed E-state index contributed by atoms with van der Waals surface area (Å²) < 4.78 is 17.2. The first-order valence-corrected chi connectivity index (χ1v) is 10.3. The Kier molecular flexibility index (Phi) is 5.41. The number of ketones is 1. The van der Waals surface area contributed by atoms with E-state index in [2.05, 4.69) is 19.9 Å². The normalized spacial score (nSPS) is 20.3. The topological polar surface area (TPSA) is 65.1 Å². The second-order valence-corrected chi connectivity index (χ2v) is 8.33. The molecule has 30 heavy (non-hydrogen) atoms. The van der Waals surface area contributed by atoms with Gasteiger partial charge in [0.25, 0.3) is 5.91 Å². The first-order chi connectivity index (χ1) is 14.4. The summed E-state index contributed by atoms with van der Waals surface area (Å²) in [5, 5.41) is 0. The van der Waals surface area contributed by atoms with Crippen LogP contribution in [0.25, 0.3) is 0 Å². The first-order valence-electron chi connectivity index (χ1n) is 10.3. The quantitative estimate of drug-likeness (QED) is 0.751. The Bertz CT molecular complexity index is 970. The van der Waals surface area contributed by atoms with Crippen molar-refractivity contribution in [3.63, 3.8) is 0 Å². The fourth-order valence-electron chi connectivity index (χ4n) is 4.09. The zero-order valence-electron chi connectivity index (χ0n) is 17.6. The Hall–Kier alpha value is -3.02. The fourth-order valence-corrected chi connectivity index (χ4v) is 4.09. The van der Waals surface area contributed by atoms with Crippen molar-refractivity contribution in [2.45, 2.75) is 38.2 Å². The smallest absolute Gasteiger partial charge is 0.260 e. The van der Waals surface area contributed by atoms with Gasteiger partial charge in [0, 0.05) is 13.0 Å². The highest BCUT2D eigenvalue weighted by Gasteiger charge is 2.47. The van der Waals surface area contributed by atoms with E-state index < -0.39 is 5.60 Å². The summed E-state index contributed by atoms with van der Waals surface area (Å²) >= 11 is 0. The van der Waals surface area contributed by atoms with Gasteiger partial charge in [-0.05, 0) is 41.8 Å². The van der Waals surface area contributed by atoms with Crippen molar-refractivity contribution in [2.24, 2.45) is 0 Å². The molecule has 6 nitrogen and oxygen atoms in total. The van der Waals surface area contributed by atoms with Crippen LogP contribution in [0.3, 0.4) is 0 Å². The van der Waals surface area contributed by atoms with Crippen LogP contribution in [0.2, 0.25) is 0 Å². The first kappa shape index (κ1) is 20.3. The molecule has 1 spiro atoms. The molecule has 2 aliphatic heterocycles. The molecule has 0 aliphatic carbocycles. The van der Waals surface area contributed by atoms with Crippen LogP contribution >= 0.6 is 0 Å². The highest BCUT2D eigenvalue weighted by molar-refractivity contribution is 6.01. The van der Waals surface area contributed by atoms with Crippen LogP contribution in [0.15, 0.2) is 42.5 Å². The molecule has 1 saturated heterocycles. The van der Waals surface area contributed by atoms with Gasteiger partial charge in [-0.25, -0.2) is 0 Å². The van der Waals surface area contributed by atoms with Crippen molar-refractivity contribution in [3.8, 4) is 17.2 Å². The molecule has 0 saturated carbocycles. The number of hydrogen-bond acceptors (Lipinski definition) is 5. The van der Waals surface area contributed by atoms with Crippen LogP contribution in [-0.4, -0.2) is 49.0 Å². The number of carbonyl (C=O) groups excluding carboxylic acids is 2. The molecule has 2 heterocycles. The minimum absolute atomic E-state index is 0.0196. The highest BCUT2D eigenvalue weighted by atomic mass is 16.5. The third-order valence-electron chi connectivity index (χ3n) is 5.85. The van der Waals surface area contributed by atoms with Crippen LogP contribution in [0.4, 0.5) is 0 Å². The number of benzene rings is 2. The largest absolute Gasteiger partial charge is 0.497 e. The number of ether oxygens (including phenoxy) is 3. The number of carbonyl (C=O) groups is 2. The van der Waals surface area contributed by atoms with Gasteiger partial charge in [0.05, 0.1) is 25.6 Å². The average molecular weight is 409 g/mol. The van der Waals surface area contributed by atoms with E-state index in [-0.39, 0.29) is 24.7 Å². The van der Waals surface area contributed by atoms with Gasteiger partial charge < -0.3 is 19.1 Å². The third-order valence-corrected chi connectivity index (χ3v) is 5.85. The average Bonchev–Trinajstić information content (AvgIpc) is 3.15. The van der Waals surface area contributed by atoms with Gasteiger partial charge in [-0.3, -0.25) is 9.59 Å². The summed E-state index contributed by atoms with van der Waals surface area (Å²) in [6.07, 6.45) is 0.882. The van der Waals surface area contributed by atoms with E-state index in [1.807, 2.05) is 18.2 Å². The molecule has 2 aromatic carbocycles. The molecular weight excluding hydrogens is 382 g/mol. The number of hydrogen-bond donors (Lipinski definition) is 0. The van der Waals surface area contributed by atoms with E-state index in [9.17, 15) is 9.59 Å². The molecule has 0 aromatic heterocycles. The molecule has 1 amide bonds. The standard InChI is InChI=1S/C24H27NO5/c1-16(2)17-5-4-6-19(11-17)29-14-23(27)25-10-9-24(15-25)13-21(26)20-12-18(28-3)7-8-22(20)30-24/h4-8,11-12,16H,9-10,13-15H2,1-3H3. The van der Waals surface area contributed by atoms with Crippen molar-refractivity contribution in [2.75, 3.05) is 26.8 Å². The molecular formula is C24H27NO5.